The van der Waals surface area contributed by atoms with E-state index in [2.05, 4.69) is 0 Å². The third-order valence-corrected chi connectivity index (χ3v) is 1.03. The molecule has 54 valence electrons. The quantitative estimate of drug-likeness (QED) is 0.439. The second-order valence-corrected chi connectivity index (χ2v) is 2.56. The van der Waals surface area contributed by atoms with Gasteiger partial charge >= 0.3 is 51.4 Å². The summed E-state index contributed by atoms with van der Waals surface area (Å²) in [4.78, 5) is 10.00. The Kier molecular flexibility index (Phi) is 9.22. The molecule has 1 atom stereocenters. The van der Waals surface area contributed by atoms with Gasteiger partial charge in [0.05, 0.1) is 5.97 Å². The molecule has 0 aliphatic carbocycles. The molecule has 0 fully saturated rings. The molecule has 4 heteroatoms. The summed E-state index contributed by atoms with van der Waals surface area (Å²) >= 11 is 0. The van der Waals surface area contributed by atoms with Gasteiger partial charge in [-0.15, -0.1) is 0 Å². The summed E-state index contributed by atoms with van der Waals surface area (Å²) in [5.74, 6) is -0.846. The normalized spacial score (nSPS) is 12.4. The van der Waals surface area contributed by atoms with Crippen LogP contribution in [-0.4, -0.2) is 12.0 Å². The van der Waals surface area contributed by atoms with Crippen LogP contribution in [0.15, 0.2) is 0 Å². The summed E-state index contributed by atoms with van der Waals surface area (Å²) in [5, 5.41) is 10.00. The van der Waals surface area contributed by atoms with Crippen molar-refractivity contribution in [1.29, 1.82) is 0 Å². The first-order valence-electron chi connectivity index (χ1n) is 3.00. The summed E-state index contributed by atoms with van der Waals surface area (Å²) < 4.78 is 0. The number of hydrogen-bond acceptors (Lipinski definition) is 3. The van der Waals surface area contributed by atoms with E-state index in [0.29, 0.717) is 12.3 Å². The van der Waals surface area contributed by atoms with Gasteiger partial charge in [0.15, 0.2) is 0 Å². The smallest absolute Gasteiger partial charge is 0.548 e. The van der Waals surface area contributed by atoms with Gasteiger partial charge in [-0.3, -0.25) is 0 Å². The number of nitrogens with two attached hydrogens (primary N) is 1. The zero-order valence-corrected chi connectivity index (χ0v) is 9.88. The van der Waals surface area contributed by atoms with Crippen molar-refractivity contribution >= 4 is 5.97 Å². The predicted octanol–water partition coefficient (Wildman–Crippen LogP) is -3.89. The van der Waals surface area contributed by atoms with E-state index in [4.69, 9.17) is 5.73 Å². The van der Waals surface area contributed by atoms with E-state index in [9.17, 15) is 9.90 Å². The van der Waals surface area contributed by atoms with E-state index >= 15 is 0 Å². The van der Waals surface area contributed by atoms with Crippen molar-refractivity contribution in [3.63, 3.8) is 0 Å². The first-order chi connectivity index (χ1) is 4.04. The number of carbonyl (C=O) groups is 1. The zero-order chi connectivity index (χ0) is 7.44. The van der Waals surface area contributed by atoms with Gasteiger partial charge in [-0.2, -0.15) is 0 Å². The number of carboxylic acid groups (broad SMARTS) is 1. The van der Waals surface area contributed by atoms with Gasteiger partial charge in [0.1, 0.15) is 0 Å². The van der Waals surface area contributed by atoms with Crippen molar-refractivity contribution in [2.45, 2.75) is 26.3 Å². The van der Waals surface area contributed by atoms with Crippen molar-refractivity contribution < 1.29 is 61.3 Å². The minimum Gasteiger partial charge on any atom is -0.548 e. The van der Waals surface area contributed by atoms with Crippen LogP contribution >= 0.6 is 0 Å². The molecule has 0 aromatic rings. The minimum atomic E-state index is -1.16. The maximum atomic E-state index is 10.00. The Morgan fingerprint density at radius 3 is 2.10 bits per heavy atom. The molecule has 0 aromatic carbocycles. The number of carbonyl (C=O) groups excluding carboxylic acids is 1. The Balaban J connectivity index is 0. The molecular formula is C6H12KNO2. The Morgan fingerprint density at radius 1 is 1.60 bits per heavy atom. The number of hydrogen-bond donors (Lipinski definition) is 1. The molecule has 0 bridgehead atoms. The Hall–Kier alpha value is 1.07. The maximum absolute atomic E-state index is 10.00. The van der Waals surface area contributed by atoms with E-state index in [0.717, 1.165) is 0 Å². The van der Waals surface area contributed by atoms with Crippen LogP contribution in [0.2, 0.25) is 0 Å². The Labute approximate surface area is 104 Å². The molecular weight excluding hydrogens is 157 g/mol. The summed E-state index contributed by atoms with van der Waals surface area (Å²) in [6.07, 6.45) is 0.488. The largest absolute Gasteiger partial charge is 1.00 e. The van der Waals surface area contributed by atoms with Gasteiger partial charge in [-0.05, 0) is 12.3 Å². The fourth-order valence-corrected chi connectivity index (χ4v) is 0.604. The first kappa shape index (κ1) is 13.6. The molecule has 0 aliphatic rings. The van der Waals surface area contributed by atoms with Gasteiger partial charge in [0, 0.05) is 6.04 Å². The van der Waals surface area contributed by atoms with Crippen LogP contribution in [0.4, 0.5) is 0 Å². The zero-order valence-electron chi connectivity index (χ0n) is 6.76. The molecule has 0 spiro atoms. The molecule has 0 saturated heterocycles. The van der Waals surface area contributed by atoms with Gasteiger partial charge in [-0.1, -0.05) is 13.8 Å². The predicted molar refractivity (Wildman–Crippen MR) is 32.4 cm³/mol. The fourth-order valence-electron chi connectivity index (χ4n) is 0.604. The average molecular weight is 169 g/mol. The number of aliphatic carboxylic acids is 1. The van der Waals surface area contributed by atoms with Crippen LogP contribution in [0.1, 0.15) is 20.3 Å². The molecule has 2 N–H and O–H groups in total. The van der Waals surface area contributed by atoms with Gasteiger partial charge in [0.25, 0.3) is 0 Å². The SMILES string of the molecule is CC(C)C[C@H](N)C(=O)[O-].[K+]. The van der Waals surface area contributed by atoms with E-state index in [1.54, 1.807) is 0 Å². The maximum Gasteiger partial charge on any atom is 1.00 e. The van der Waals surface area contributed by atoms with Crippen LogP contribution in [0, 0.1) is 5.92 Å². The minimum absolute atomic E-state index is 0. The fraction of sp³-hybridized carbons (Fsp3) is 0.833. The Bertz CT molecular complexity index is 106. The van der Waals surface area contributed by atoms with E-state index < -0.39 is 12.0 Å². The second-order valence-electron chi connectivity index (χ2n) is 2.56. The topological polar surface area (TPSA) is 66.2 Å². The molecule has 0 heterocycles. The molecule has 0 aliphatic heterocycles. The summed E-state index contributed by atoms with van der Waals surface area (Å²) in [6, 6.07) is -0.801. The summed E-state index contributed by atoms with van der Waals surface area (Å²) in [6.45, 7) is 3.84. The van der Waals surface area contributed by atoms with Crippen LogP contribution in [0.3, 0.4) is 0 Å². The van der Waals surface area contributed by atoms with Crippen molar-refractivity contribution in [2.24, 2.45) is 11.7 Å². The third-order valence-electron chi connectivity index (χ3n) is 1.03. The number of carboxylic acids is 1. The van der Waals surface area contributed by atoms with Crippen LogP contribution in [0.25, 0.3) is 0 Å². The van der Waals surface area contributed by atoms with Gasteiger partial charge in [-0.25, -0.2) is 0 Å². The van der Waals surface area contributed by atoms with Crippen molar-refractivity contribution in [3.8, 4) is 0 Å². The molecule has 0 unspecified atom stereocenters. The molecule has 0 amide bonds. The summed E-state index contributed by atoms with van der Waals surface area (Å²) in [7, 11) is 0. The van der Waals surface area contributed by atoms with E-state index in [-0.39, 0.29) is 51.4 Å². The third kappa shape index (κ3) is 7.18. The van der Waals surface area contributed by atoms with Gasteiger partial charge < -0.3 is 15.6 Å². The average Bonchev–Trinajstić information content (AvgIpc) is 1.63. The van der Waals surface area contributed by atoms with E-state index in [1.165, 1.54) is 0 Å². The van der Waals surface area contributed by atoms with Crippen molar-refractivity contribution in [3.05, 3.63) is 0 Å². The molecule has 0 saturated carbocycles. The van der Waals surface area contributed by atoms with Crippen LogP contribution in [-0.2, 0) is 4.79 Å². The van der Waals surface area contributed by atoms with Crippen molar-refractivity contribution in [1.82, 2.24) is 0 Å². The number of rotatable bonds is 3. The Morgan fingerprint density at radius 2 is 2.00 bits per heavy atom. The van der Waals surface area contributed by atoms with Crippen LogP contribution < -0.4 is 62.2 Å². The summed E-state index contributed by atoms with van der Waals surface area (Å²) in [5.41, 5.74) is 5.16. The van der Waals surface area contributed by atoms with Crippen LogP contribution in [0.5, 0.6) is 0 Å². The van der Waals surface area contributed by atoms with Crippen molar-refractivity contribution in [2.75, 3.05) is 0 Å². The first-order valence-corrected chi connectivity index (χ1v) is 3.00. The molecule has 0 radical (unpaired) electrons. The van der Waals surface area contributed by atoms with Gasteiger partial charge in [0.2, 0.25) is 0 Å². The molecule has 3 nitrogen and oxygen atoms in total. The molecule has 10 heavy (non-hydrogen) atoms. The standard InChI is InChI=1S/C6H13NO2.K/c1-4(2)3-5(7)6(8)9;/h4-5H,3,7H2,1-2H3,(H,8,9);/q;+1/p-1/t5-;/m0./s1. The molecule has 0 rings (SSSR count). The van der Waals surface area contributed by atoms with E-state index in [1.807, 2.05) is 13.8 Å². The monoisotopic (exact) mass is 169 g/mol. The second kappa shape index (κ2) is 6.76. The molecule has 0 aromatic heterocycles.